The minimum Gasteiger partial charge on any atom is -0.369 e. The van der Waals surface area contributed by atoms with Gasteiger partial charge in [-0.15, -0.1) is 0 Å². The van der Waals surface area contributed by atoms with Crippen molar-refractivity contribution in [3.05, 3.63) is 29.8 Å². The van der Waals surface area contributed by atoms with Gasteiger partial charge in [-0.1, -0.05) is 12.1 Å². The lowest BCUT2D eigenvalue weighted by atomic mass is 10.1. The second-order valence-electron chi connectivity index (χ2n) is 5.72. The van der Waals surface area contributed by atoms with E-state index in [0.717, 1.165) is 13.1 Å². The van der Waals surface area contributed by atoms with E-state index >= 15 is 0 Å². The monoisotopic (exact) mass is 261 g/mol. The normalized spacial score (nSPS) is 18.9. The standard InChI is InChI=1S/C16H27N3/c1-13(2)18-9-11-19(12-10-18)16-7-5-15(6-8-16)14(3)17-4/h5-8,13-14,17H,9-12H2,1-4H3. The zero-order valence-electron chi connectivity index (χ0n) is 12.7. The van der Waals surface area contributed by atoms with Crippen molar-refractivity contribution >= 4 is 5.69 Å². The van der Waals surface area contributed by atoms with Crippen molar-refractivity contribution in [2.75, 3.05) is 38.1 Å². The highest BCUT2D eigenvalue weighted by atomic mass is 15.3. The highest BCUT2D eigenvalue weighted by Gasteiger charge is 2.18. The fourth-order valence-electron chi connectivity index (χ4n) is 2.64. The Labute approximate surface area is 117 Å². The minimum absolute atomic E-state index is 0.423. The number of nitrogens with one attached hydrogen (secondary N) is 1. The first-order valence-electron chi connectivity index (χ1n) is 7.38. The van der Waals surface area contributed by atoms with Crippen molar-refractivity contribution in [3.8, 4) is 0 Å². The van der Waals surface area contributed by atoms with Crippen LogP contribution in [0.3, 0.4) is 0 Å². The van der Waals surface area contributed by atoms with Crippen LogP contribution in [-0.2, 0) is 0 Å². The Morgan fingerprint density at radius 3 is 2.00 bits per heavy atom. The van der Waals surface area contributed by atoms with Gasteiger partial charge in [-0.3, -0.25) is 4.90 Å². The molecule has 106 valence electrons. The molecule has 1 aliphatic heterocycles. The van der Waals surface area contributed by atoms with Crippen LogP contribution in [0, 0.1) is 0 Å². The van der Waals surface area contributed by atoms with E-state index in [9.17, 15) is 0 Å². The van der Waals surface area contributed by atoms with E-state index in [4.69, 9.17) is 0 Å². The van der Waals surface area contributed by atoms with Gasteiger partial charge in [0.15, 0.2) is 0 Å². The second kappa shape index (κ2) is 6.40. The number of hydrogen-bond acceptors (Lipinski definition) is 3. The molecule has 1 saturated heterocycles. The smallest absolute Gasteiger partial charge is 0.0367 e. The van der Waals surface area contributed by atoms with Crippen molar-refractivity contribution in [3.63, 3.8) is 0 Å². The molecular weight excluding hydrogens is 234 g/mol. The second-order valence-corrected chi connectivity index (χ2v) is 5.72. The number of piperazine rings is 1. The third-order valence-electron chi connectivity index (χ3n) is 4.24. The molecule has 0 radical (unpaired) electrons. The molecule has 1 N–H and O–H groups in total. The lowest BCUT2D eigenvalue weighted by Gasteiger charge is -2.38. The van der Waals surface area contributed by atoms with Crippen LogP contribution in [0.15, 0.2) is 24.3 Å². The molecule has 1 aromatic rings. The summed E-state index contributed by atoms with van der Waals surface area (Å²) in [7, 11) is 2.00. The molecule has 0 aromatic heterocycles. The number of anilines is 1. The number of nitrogens with zero attached hydrogens (tertiary/aromatic N) is 2. The summed E-state index contributed by atoms with van der Waals surface area (Å²) in [4.78, 5) is 5.04. The average Bonchev–Trinajstić information content (AvgIpc) is 2.46. The van der Waals surface area contributed by atoms with Gasteiger partial charge in [0.25, 0.3) is 0 Å². The van der Waals surface area contributed by atoms with Crippen LogP contribution in [0.1, 0.15) is 32.4 Å². The molecule has 1 heterocycles. The summed E-state index contributed by atoms with van der Waals surface area (Å²) in [6, 6.07) is 10.1. The van der Waals surface area contributed by atoms with Gasteiger partial charge in [0.05, 0.1) is 0 Å². The third-order valence-corrected chi connectivity index (χ3v) is 4.24. The molecule has 19 heavy (non-hydrogen) atoms. The van der Waals surface area contributed by atoms with Gasteiger partial charge >= 0.3 is 0 Å². The van der Waals surface area contributed by atoms with Gasteiger partial charge in [0.2, 0.25) is 0 Å². The van der Waals surface area contributed by atoms with E-state index in [2.05, 4.69) is 60.2 Å². The molecule has 3 heteroatoms. The molecule has 0 saturated carbocycles. The zero-order valence-corrected chi connectivity index (χ0v) is 12.7. The average molecular weight is 261 g/mol. The third kappa shape index (κ3) is 3.48. The molecule has 2 rings (SSSR count). The SMILES string of the molecule is CNC(C)c1ccc(N2CCN(C(C)C)CC2)cc1. The van der Waals surface area contributed by atoms with Crippen LogP contribution in [0.5, 0.6) is 0 Å². The van der Waals surface area contributed by atoms with Crippen LogP contribution < -0.4 is 10.2 Å². The van der Waals surface area contributed by atoms with Crippen LogP contribution in [0.2, 0.25) is 0 Å². The molecule has 0 aliphatic carbocycles. The number of rotatable bonds is 4. The van der Waals surface area contributed by atoms with Crippen LogP contribution in [-0.4, -0.2) is 44.2 Å². The van der Waals surface area contributed by atoms with E-state index in [1.807, 2.05) is 7.05 Å². The number of benzene rings is 1. The van der Waals surface area contributed by atoms with Gasteiger partial charge < -0.3 is 10.2 Å². The maximum absolute atomic E-state index is 3.28. The van der Waals surface area contributed by atoms with E-state index in [1.165, 1.54) is 24.3 Å². The van der Waals surface area contributed by atoms with Gasteiger partial charge in [-0.2, -0.15) is 0 Å². The van der Waals surface area contributed by atoms with Gasteiger partial charge in [-0.25, -0.2) is 0 Å². The van der Waals surface area contributed by atoms with Crippen molar-refractivity contribution in [1.29, 1.82) is 0 Å². The molecule has 1 fully saturated rings. The maximum Gasteiger partial charge on any atom is 0.0367 e. The Kier molecular flexibility index (Phi) is 4.83. The van der Waals surface area contributed by atoms with Gasteiger partial charge in [0.1, 0.15) is 0 Å². The predicted octanol–water partition coefficient (Wildman–Crippen LogP) is 2.50. The molecule has 3 nitrogen and oxygen atoms in total. The van der Waals surface area contributed by atoms with Crippen LogP contribution in [0.4, 0.5) is 5.69 Å². The molecule has 0 amide bonds. The summed E-state index contributed by atoms with van der Waals surface area (Å²) in [5.41, 5.74) is 2.71. The van der Waals surface area contributed by atoms with Crippen molar-refractivity contribution in [2.45, 2.75) is 32.9 Å². The maximum atomic E-state index is 3.28. The summed E-state index contributed by atoms with van der Waals surface area (Å²) >= 11 is 0. The summed E-state index contributed by atoms with van der Waals surface area (Å²) in [6.45, 7) is 11.4. The lowest BCUT2D eigenvalue weighted by molar-refractivity contribution is 0.209. The summed E-state index contributed by atoms with van der Waals surface area (Å²) in [5.74, 6) is 0. The molecule has 1 atom stereocenters. The molecule has 1 aromatic carbocycles. The first-order chi connectivity index (χ1) is 9.11. The van der Waals surface area contributed by atoms with E-state index in [-0.39, 0.29) is 0 Å². The Morgan fingerprint density at radius 1 is 0.947 bits per heavy atom. The Hall–Kier alpha value is -1.06. The highest BCUT2D eigenvalue weighted by molar-refractivity contribution is 5.48. The molecule has 0 bridgehead atoms. The molecule has 1 aliphatic rings. The molecule has 0 spiro atoms. The predicted molar refractivity (Wildman–Crippen MR) is 82.8 cm³/mol. The van der Waals surface area contributed by atoms with E-state index in [0.29, 0.717) is 12.1 Å². The van der Waals surface area contributed by atoms with E-state index < -0.39 is 0 Å². The number of hydrogen-bond donors (Lipinski definition) is 1. The fourth-order valence-corrected chi connectivity index (χ4v) is 2.64. The Morgan fingerprint density at radius 2 is 1.53 bits per heavy atom. The van der Waals surface area contributed by atoms with Crippen molar-refractivity contribution in [2.24, 2.45) is 0 Å². The molecule has 1 unspecified atom stereocenters. The quantitative estimate of drug-likeness (QED) is 0.898. The van der Waals surface area contributed by atoms with Crippen molar-refractivity contribution < 1.29 is 0 Å². The Bertz CT molecular complexity index is 377. The summed E-state index contributed by atoms with van der Waals surface area (Å²) < 4.78 is 0. The van der Waals surface area contributed by atoms with E-state index in [1.54, 1.807) is 0 Å². The summed E-state index contributed by atoms with van der Waals surface area (Å²) in [5, 5.41) is 3.28. The first kappa shape index (κ1) is 14.4. The highest BCUT2D eigenvalue weighted by Crippen LogP contribution is 2.20. The van der Waals surface area contributed by atoms with Crippen LogP contribution in [0.25, 0.3) is 0 Å². The first-order valence-corrected chi connectivity index (χ1v) is 7.38. The fraction of sp³-hybridized carbons (Fsp3) is 0.625. The minimum atomic E-state index is 0.423. The molecular formula is C16H27N3. The lowest BCUT2D eigenvalue weighted by Crippen LogP contribution is -2.48. The Balaban J connectivity index is 1.96. The summed E-state index contributed by atoms with van der Waals surface area (Å²) in [6.07, 6.45) is 0. The topological polar surface area (TPSA) is 18.5 Å². The van der Waals surface area contributed by atoms with Crippen molar-refractivity contribution in [1.82, 2.24) is 10.2 Å². The van der Waals surface area contributed by atoms with Gasteiger partial charge in [-0.05, 0) is 45.5 Å². The van der Waals surface area contributed by atoms with Crippen LogP contribution >= 0.6 is 0 Å². The zero-order chi connectivity index (χ0) is 13.8. The van der Waals surface area contributed by atoms with Gasteiger partial charge in [0, 0.05) is 44.0 Å². The largest absolute Gasteiger partial charge is 0.369 e.